The monoisotopic (exact) mass is 367 g/mol. The lowest BCUT2D eigenvalue weighted by Crippen LogP contribution is -2.38. The number of hydrogen-bond acceptors (Lipinski definition) is 3. The lowest BCUT2D eigenvalue weighted by Gasteiger charge is -2.37. The number of nitrogens with zero attached hydrogens (tertiary/aromatic N) is 1. The maximum Gasteiger partial charge on any atom is 0.269 e. The Morgan fingerprint density at radius 1 is 1.33 bits per heavy atom. The van der Waals surface area contributed by atoms with Crippen molar-refractivity contribution in [3.05, 3.63) is 41.7 Å². The van der Waals surface area contributed by atoms with E-state index in [2.05, 4.69) is 48.4 Å². The van der Waals surface area contributed by atoms with Gasteiger partial charge in [-0.15, -0.1) is 6.42 Å². The predicted octanol–water partition coefficient (Wildman–Crippen LogP) is 2.81. The summed E-state index contributed by atoms with van der Waals surface area (Å²) in [5, 5.41) is 5.76. The lowest BCUT2D eigenvalue weighted by molar-refractivity contribution is -0.121. The van der Waals surface area contributed by atoms with Gasteiger partial charge in [0.25, 0.3) is 5.91 Å². The van der Waals surface area contributed by atoms with Crippen LogP contribution in [-0.4, -0.2) is 29.9 Å². The lowest BCUT2D eigenvalue weighted by atomic mass is 9.69. The van der Waals surface area contributed by atoms with Crippen LogP contribution < -0.4 is 10.6 Å². The number of terminal acetylenes is 1. The van der Waals surface area contributed by atoms with Crippen molar-refractivity contribution in [1.29, 1.82) is 0 Å². The first-order valence-corrected chi connectivity index (χ1v) is 9.50. The highest BCUT2D eigenvalue weighted by atomic mass is 16.2. The van der Waals surface area contributed by atoms with E-state index in [1.165, 1.54) is 5.57 Å². The number of carbonyl (C=O) groups excluding carboxylic acids is 2. The van der Waals surface area contributed by atoms with Gasteiger partial charge in [0, 0.05) is 19.2 Å². The normalized spacial score (nSPS) is 21.9. The van der Waals surface area contributed by atoms with Crippen molar-refractivity contribution < 1.29 is 9.59 Å². The fraction of sp³-hybridized carbons (Fsp3) is 0.500. The van der Waals surface area contributed by atoms with Crippen molar-refractivity contribution in [2.24, 2.45) is 23.7 Å². The molecule has 0 saturated carbocycles. The molecule has 1 aliphatic rings. The molecule has 144 valence electrons. The molecule has 0 aliphatic heterocycles. The van der Waals surface area contributed by atoms with E-state index in [4.69, 9.17) is 6.42 Å². The van der Waals surface area contributed by atoms with Crippen LogP contribution in [0.2, 0.25) is 0 Å². The van der Waals surface area contributed by atoms with E-state index < -0.39 is 0 Å². The molecule has 1 aliphatic carbocycles. The largest absolute Gasteiger partial charge is 0.350 e. The fourth-order valence-electron chi connectivity index (χ4n) is 3.75. The van der Waals surface area contributed by atoms with Crippen LogP contribution in [0.5, 0.6) is 0 Å². The van der Waals surface area contributed by atoms with Crippen molar-refractivity contribution in [2.45, 2.75) is 33.6 Å². The van der Waals surface area contributed by atoms with Gasteiger partial charge in [-0.3, -0.25) is 14.6 Å². The van der Waals surface area contributed by atoms with Crippen LogP contribution in [0.3, 0.4) is 0 Å². The molecule has 2 N–H and O–H groups in total. The van der Waals surface area contributed by atoms with Crippen LogP contribution in [0, 0.1) is 36.0 Å². The minimum Gasteiger partial charge on any atom is -0.350 e. The van der Waals surface area contributed by atoms with Crippen molar-refractivity contribution >= 4 is 11.8 Å². The van der Waals surface area contributed by atoms with Gasteiger partial charge >= 0.3 is 0 Å². The summed E-state index contributed by atoms with van der Waals surface area (Å²) < 4.78 is 0. The molecule has 2 rings (SSSR count). The topological polar surface area (TPSA) is 71.1 Å². The molecule has 1 heterocycles. The summed E-state index contributed by atoms with van der Waals surface area (Å²) in [5.41, 5.74) is 1.64. The number of aromatic nitrogens is 1. The summed E-state index contributed by atoms with van der Waals surface area (Å²) in [7, 11) is 0. The second-order valence-electron chi connectivity index (χ2n) is 7.53. The van der Waals surface area contributed by atoms with Gasteiger partial charge in [0.1, 0.15) is 5.69 Å². The highest BCUT2D eigenvalue weighted by Gasteiger charge is 2.32. The van der Waals surface area contributed by atoms with Gasteiger partial charge in [0.15, 0.2) is 0 Å². The van der Waals surface area contributed by atoms with Crippen LogP contribution in [-0.2, 0) is 4.79 Å². The summed E-state index contributed by atoms with van der Waals surface area (Å²) in [6.07, 6.45) is 10.4. The van der Waals surface area contributed by atoms with Crippen molar-refractivity contribution in [3.63, 3.8) is 0 Å². The third kappa shape index (κ3) is 5.96. The molecule has 0 unspecified atom stereocenters. The molecule has 1 aromatic heterocycles. The maximum absolute atomic E-state index is 12.3. The number of rotatable bonds is 7. The van der Waals surface area contributed by atoms with E-state index in [0.29, 0.717) is 30.5 Å². The van der Waals surface area contributed by atoms with Crippen molar-refractivity contribution in [1.82, 2.24) is 15.6 Å². The Bertz CT molecular complexity index is 719. The number of pyridine rings is 1. The molecule has 0 fully saturated rings. The zero-order valence-corrected chi connectivity index (χ0v) is 16.4. The van der Waals surface area contributed by atoms with E-state index in [1.807, 2.05) is 0 Å². The summed E-state index contributed by atoms with van der Waals surface area (Å²) in [6, 6.07) is 5.31. The van der Waals surface area contributed by atoms with Crippen molar-refractivity contribution in [2.75, 3.05) is 13.1 Å². The third-order valence-electron chi connectivity index (χ3n) is 5.30. The molecule has 1 aromatic rings. The average molecular weight is 367 g/mol. The Morgan fingerprint density at radius 2 is 2.11 bits per heavy atom. The molecule has 0 saturated heterocycles. The SMILES string of the molecule is C#CCNC(=O)C[C@@H]1C[C@@H](C(C)C)[C@H](CNC(=O)c2ccccn2)C=C1C. The van der Waals surface area contributed by atoms with Crippen LogP contribution in [0.1, 0.15) is 44.1 Å². The molecular weight excluding hydrogens is 338 g/mol. The van der Waals surface area contributed by atoms with E-state index in [1.54, 1.807) is 24.4 Å². The van der Waals surface area contributed by atoms with E-state index in [9.17, 15) is 9.59 Å². The second-order valence-corrected chi connectivity index (χ2v) is 7.53. The molecule has 0 aromatic carbocycles. The Kier molecular flexibility index (Phi) is 7.60. The van der Waals surface area contributed by atoms with Crippen LogP contribution >= 0.6 is 0 Å². The fourth-order valence-corrected chi connectivity index (χ4v) is 3.75. The van der Waals surface area contributed by atoms with E-state index >= 15 is 0 Å². The minimum absolute atomic E-state index is 0.00453. The van der Waals surface area contributed by atoms with Crippen LogP contribution in [0.25, 0.3) is 0 Å². The second kappa shape index (κ2) is 9.91. The van der Waals surface area contributed by atoms with Crippen LogP contribution in [0.4, 0.5) is 0 Å². The molecule has 0 radical (unpaired) electrons. The number of nitrogens with one attached hydrogen (secondary N) is 2. The van der Waals surface area contributed by atoms with E-state index in [-0.39, 0.29) is 30.2 Å². The number of hydrogen-bond donors (Lipinski definition) is 2. The molecule has 0 spiro atoms. The van der Waals surface area contributed by atoms with Gasteiger partial charge in [-0.25, -0.2) is 0 Å². The van der Waals surface area contributed by atoms with Gasteiger partial charge in [0.05, 0.1) is 6.54 Å². The average Bonchev–Trinajstić information content (AvgIpc) is 2.66. The zero-order chi connectivity index (χ0) is 19.8. The minimum atomic E-state index is -0.153. The Hall–Kier alpha value is -2.61. The van der Waals surface area contributed by atoms with Gasteiger partial charge in [-0.1, -0.05) is 37.5 Å². The molecular formula is C22H29N3O2. The summed E-state index contributed by atoms with van der Waals surface area (Å²) in [5.74, 6) is 3.61. The highest BCUT2D eigenvalue weighted by molar-refractivity contribution is 5.92. The van der Waals surface area contributed by atoms with E-state index in [0.717, 1.165) is 6.42 Å². The quantitative estimate of drug-likeness (QED) is 0.575. The Morgan fingerprint density at radius 3 is 2.74 bits per heavy atom. The molecule has 3 atom stereocenters. The first-order valence-electron chi connectivity index (χ1n) is 9.50. The molecule has 27 heavy (non-hydrogen) atoms. The smallest absolute Gasteiger partial charge is 0.269 e. The summed E-state index contributed by atoms with van der Waals surface area (Å²) in [6.45, 7) is 7.31. The Balaban J connectivity index is 2.02. The molecule has 5 heteroatoms. The zero-order valence-electron chi connectivity index (χ0n) is 16.4. The maximum atomic E-state index is 12.3. The molecule has 0 bridgehead atoms. The number of amides is 2. The highest BCUT2D eigenvalue weighted by Crippen LogP contribution is 2.38. The Labute approximate surface area is 162 Å². The summed E-state index contributed by atoms with van der Waals surface area (Å²) >= 11 is 0. The first-order chi connectivity index (χ1) is 12.9. The molecule has 2 amide bonds. The predicted molar refractivity (Wildman–Crippen MR) is 107 cm³/mol. The van der Waals surface area contributed by atoms with Gasteiger partial charge in [-0.05, 0) is 49.1 Å². The van der Waals surface area contributed by atoms with Gasteiger partial charge in [-0.2, -0.15) is 0 Å². The molecule has 5 nitrogen and oxygen atoms in total. The third-order valence-corrected chi connectivity index (χ3v) is 5.30. The number of allylic oxidation sites excluding steroid dienone is 1. The number of carbonyl (C=O) groups is 2. The van der Waals surface area contributed by atoms with Crippen LogP contribution in [0.15, 0.2) is 36.0 Å². The van der Waals surface area contributed by atoms with Gasteiger partial charge < -0.3 is 10.6 Å². The van der Waals surface area contributed by atoms with Gasteiger partial charge in [0.2, 0.25) is 5.91 Å². The standard InChI is InChI=1S/C22H29N3O2/c1-5-9-24-21(26)13-17-12-19(15(2)3)18(11-16(17)4)14-25-22(27)20-8-6-7-10-23-20/h1,6-8,10-11,15,17-19H,9,12-14H2,2-4H3,(H,24,26)(H,25,27)/t17-,18-,19-/m0/s1. The summed E-state index contributed by atoms with van der Waals surface area (Å²) in [4.78, 5) is 28.4. The first kappa shape index (κ1) is 20.7. The van der Waals surface area contributed by atoms with Crippen molar-refractivity contribution in [3.8, 4) is 12.3 Å².